The fraction of sp³-hybridized carbons (Fsp3) is 0.438. The highest BCUT2D eigenvalue weighted by atomic mass is 32.2. The van der Waals surface area contributed by atoms with Gasteiger partial charge in [-0.2, -0.15) is 0 Å². The number of nitrogens with one attached hydrogen (secondary N) is 2. The smallest absolute Gasteiger partial charge is 0.321 e. The van der Waals surface area contributed by atoms with E-state index in [0.717, 1.165) is 5.56 Å². The van der Waals surface area contributed by atoms with Gasteiger partial charge >= 0.3 is 6.03 Å². The van der Waals surface area contributed by atoms with Crippen LogP contribution >= 0.6 is 0 Å². The number of aryl methyl sites for hydroxylation is 1. The van der Waals surface area contributed by atoms with E-state index < -0.39 is 28.0 Å². The normalized spacial score (nSPS) is 22.3. The summed E-state index contributed by atoms with van der Waals surface area (Å²) in [7, 11) is -3.73. The molecule has 0 fully saturated rings. The van der Waals surface area contributed by atoms with Crippen molar-refractivity contribution in [3.63, 3.8) is 0 Å². The van der Waals surface area contributed by atoms with Gasteiger partial charge in [0.2, 0.25) is 9.84 Å². The maximum atomic E-state index is 13.0. The van der Waals surface area contributed by atoms with Gasteiger partial charge in [-0.15, -0.1) is 0 Å². The Morgan fingerprint density at radius 2 is 1.78 bits per heavy atom. The van der Waals surface area contributed by atoms with Crippen molar-refractivity contribution < 1.29 is 17.9 Å². The van der Waals surface area contributed by atoms with E-state index >= 15 is 0 Å². The van der Waals surface area contributed by atoms with Gasteiger partial charge in [-0.25, -0.2) is 13.2 Å². The summed E-state index contributed by atoms with van der Waals surface area (Å²) in [6, 6.07) is 6.19. The number of carbonyl (C=O) groups is 1. The van der Waals surface area contributed by atoms with Crippen LogP contribution in [0.4, 0.5) is 4.79 Å². The molecular formula is C16H22N2O4S. The maximum Gasteiger partial charge on any atom is 0.321 e. The van der Waals surface area contributed by atoms with E-state index in [2.05, 4.69) is 10.6 Å². The lowest BCUT2D eigenvalue weighted by Crippen LogP contribution is -2.43. The third-order valence-corrected chi connectivity index (χ3v) is 5.93. The zero-order valence-corrected chi connectivity index (χ0v) is 14.5. The fourth-order valence-corrected chi connectivity index (χ4v) is 4.47. The summed E-state index contributed by atoms with van der Waals surface area (Å²) in [5.41, 5.74) is 1.29. The van der Waals surface area contributed by atoms with E-state index in [0.29, 0.717) is 12.3 Å². The largest absolute Gasteiger partial charge is 0.358 e. The number of allylic oxidation sites excluding steroid dienone is 1. The summed E-state index contributed by atoms with van der Waals surface area (Å²) in [4.78, 5) is 12.2. The average Bonchev–Trinajstić information content (AvgIpc) is 2.56. The highest BCUT2D eigenvalue weighted by Crippen LogP contribution is 2.31. The lowest BCUT2D eigenvalue weighted by Gasteiger charge is -2.24. The molecule has 0 radical (unpaired) electrons. The molecule has 0 aliphatic carbocycles. The first-order chi connectivity index (χ1) is 10.8. The van der Waals surface area contributed by atoms with Crippen molar-refractivity contribution >= 4 is 15.9 Å². The molecule has 0 saturated heterocycles. The van der Waals surface area contributed by atoms with Crippen LogP contribution in [0.1, 0.15) is 26.3 Å². The van der Waals surface area contributed by atoms with Gasteiger partial charge in [0, 0.05) is 18.2 Å². The molecule has 0 aromatic heterocycles. The third kappa shape index (κ3) is 3.56. The van der Waals surface area contributed by atoms with E-state index in [4.69, 9.17) is 4.74 Å². The molecule has 0 unspecified atom stereocenters. The molecule has 1 aliphatic rings. The first-order valence-corrected chi connectivity index (χ1v) is 8.97. The number of carbonyl (C=O) groups excluding carboxylic acids is 1. The molecule has 0 saturated carbocycles. The fourth-order valence-electron chi connectivity index (χ4n) is 2.66. The summed E-state index contributed by atoms with van der Waals surface area (Å²) in [5.74, 6) is -0.514. The summed E-state index contributed by atoms with van der Waals surface area (Å²) in [5, 5.41) is 5.21. The van der Waals surface area contributed by atoms with Gasteiger partial charge in [-0.3, -0.25) is 0 Å². The summed E-state index contributed by atoms with van der Waals surface area (Å²) in [6.07, 6.45) is -0.701. The molecule has 2 N–H and O–H groups in total. The van der Waals surface area contributed by atoms with Gasteiger partial charge in [0.15, 0.2) is 0 Å². The minimum atomic E-state index is -3.73. The van der Waals surface area contributed by atoms with Crippen LogP contribution in [0.5, 0.6) is 0 Å². The molecule has 1 aromatic rings. The van der Waals surface area contributed by atoms with Crippen LogP contribution in [-0.2, 0) is 14.6 Å². The molecule has 1 heterocycles. The van der Waals surface area contributed by atoms with Gasteiger partial charge < -0.3 is 15.4 Å². The summed E-state index contributed by atoms with van der Waals surface area (Å²) >= 11 is 0. The van der Waals surface area contributed by atoms with Crippen LogP contribution in [0.15, 0.2) is 39.8 Å². The number of benzene rings is 1. The van der Waals surface area contributed by atoms with E-state index in [1.807, 2.05) is 6.92 Å². The molecule has 6 nitrogen and oxygen atoms in total. The minimum absolute atomic E-state index is 0.165. The Bertz CT molecular complexity index is 723. The number of amides is 2. The van der Waals surface area contributed by atoms with Crippen LogP contribution in [0.2, 0.25) is 0 Å². The van der Waals surface area contributed by atoms with E-state index in [-0.39, 0.29) is 9.80 Å². The second-order valence-corrected chi connectivity index (χ2v) is 7.49. The molecule has 1 aromatic carbocycles. The van der Waals surface area contributed by atoms with Crippen LogP contribution in [-0.4, -0.2) is 27.3 Å². The molecule has 2 rings (SSSR count). The second-order valence-electron chi connectivity index (χ2n) is 5.57. The van der Waals surface area contributed by atoms with Crippen molar-refractivity contribution in [3.05, 3.63) is 40.4 Å². The van der Waals surface area contributed by atoms with Gasteiger partial charge in [-0.1, -0.05) is 24.6 Å². The minimum Gasteiger partial charge on any atom is -0.358 e. The molecule has 2 atom stereocenters. The van der Waals surface area contributed by atoms with Gasteiger partial charge in [0.05, 0.1) is 9.80 Å². The van der Waals surface area contributed by atoms with Crippen LogP contribution in [0.3, 0.4) is 0 Å². The highest BCUT2D eigenvalue weighted by molar-refractivity contribution is 7.95. The van der Waals surface area contributed by atoms with Crippen LogP contribution in [0.25, 0.3) is 0 Å². The van der Waals surface area contributed by atoms with E-state index in [9.17, 15) is 13.2 Å². The number of sulfone groups is 1. The molecule has 2 amide bonds. The number of hydrogen-bond acceptors (Lipinski definition) is 4. The van der Waals surface area contributed by atoms with E-state index in [1.54, 1.807) is 45.0 Å². The van der Waals surface area contributed by atoms with Crippen molar-refractivity contribution in [3.8, 4) is 0 Å². The maximum absolute atomic E-state index is 13.0. The molecule has 1 aliphatic heterocycles. The standard InChI is InChI=1S/C16H22N2O4S/c1-5-22-15-11(3)14(12(4)17-16(19)18-15)23(20,21)13-8-6-10(2)7-9-13/h6-9,11,15H,5H2,1-4H3,(H2,17,18,19)/t11-,15+/m0/s1. The van der Waals surface area contributed by atoms with Crippen LogP contribution < -0.4 is 10.6 Å². The van der Waals surface area contributed by atoms with Crippen molar-refractivity contribution in [1.82, 2.24) is 10.6 Å². The van der Waals surface area contributed by atoms with Crippen molar-refractivity contribution in [2.45, 2.75) is 38.8 Å². The second kappa shape index (κ2) is 6.72. The zero-order valence-electron chi connectivity index (χ0n) is 13.7. The van der Waals surface area contributed by atoms with Crippen molar-refractivity contribution in [2.24, 2.45) is 5.92 Å². The van der Waals surface area contributed by atoms with Crippen molar-refractivity contribution in [1.29, 1.82) is 0 Å². The Kier molecular flexibility index (Phi) is 5.11. The monoisotopic (exact) mass is 338 g/mol. The quantitative estimate of drug-likeness (QED) is 0.882. The Labute approximate surface area is 136 Å². The van der Waals surface area contributed by atoms with Crippen molar-refractivity contribution in [2.75, 3.05) is 6.61 Å². The predicted octanol–water partition coefficient (Wildman–Crippen LogP) is 2.31. The predicted molar refractivity (Wildman–Crippen MR) is 87.3 cm³/mol. The lowest BCUT2D eigenvalue weighted by molar-refractivity contribution is 0.0226. The van der Waals surface area contributed by atoms with Crippen LogP contribution in [0, 0.1) is 12.8 Å². The topological polar surface area (TPSA) is 84.5 Å². The SMILES string of the molecule is CCO[C@H]1NC(=O)NC(C)=C(S(=O)(=O)c2ccc(C)cc2)[C@@H]1C. The van der Waals surface area contributed by atoms with E-state index in [1.165, 1.54) is 0 Å². The number of ether oxygens (including phenoxy) is 1. The lowest BCUT2D eigenvalue weighted by atomic mass is 10.1. The number of rotatable bonds is 4. The zero-order chi connectivity index (χ0) is 17.2. The molecule has 0 spiro atoms. The molecule has 126 valence electrons. The molecule has 23 heavy (non-hydrogen) atoms. The highest BCUT2D eigenvalue weighted by Gasteiger charge is 2.36. The Balaban J connectivity index is 2.53. The van der Waals surface area contributed by atoms with Gasteiger partial charge in [-0.05, 0) is 32.9 Å². The first-order valence-electron chi connectivity index (χ1n) is 7.49. The summed E-state index contributed by atoms with van der Waals surface area (Å²) in [6.45, 7) is 7.38. The average molecular weight is 338 g/mol. The Morgan fingerprint density at radius 1 is 1.17 bits per heavy atom. The van der Waals surface area contributed by atoms with Gasteiger partial charge in [0.25, 0.3) is 0 Å². The molecular weight excluding hydrogens is 316 g/mol. The number of urea groups is 1. The Hall–Kier alpha value is -1.86. The third-order valence-electron chi connectivity index (χ3n) is 3.78. The molecule has 0 bridgehead atoms. The number of hydrogen-bond donors (Lipinski definition) is 2. The Morgan fingerprint density at radius 3 is 2.35 bits per heavy atom. The first kappa shape index (κ1) is 17.5. The molecule has 7 heteroatoms. The van der Waals surface area contributed by atoms with Gasteiger partial charge in [0.1, 0.15) is 6.23 Å². The summed E-state index contributed by atoms with van der Waals surface area (Å²) < 4.78 is 31.6.